The zero-order valence-electron chi connectivity index (χ0n) is 17.8. The quantitative estimate of drug-likeness (QED) is 0.415. The van der Waals surface area contributed by atoms with Crippen LogP contribution in [0.4, 0.5) is 13.2 Å². The third kappa shape index (κ3) is 5.39. The minimum atomic E-state index is -1.34. The number of benzene rings is 1. The van der Waals surface area contributed by atoms with Crippen molar-refractivity contribution in [2.45, 2.75) is 102 Å². The molecule has 0 aromatic heterocycles. The lowest BCUT2D eigenvalue weighted by Crippen LogP contribution is -2.25. The maximum Gasteiger partial charge on any atom is 0.194 e. The van der Waals surface area contributed by atoms with Gasteiger partial charge in [-0.25, -0.2) is 13.2 Å². The molecule has 4 rings (SSSR count). The van der Waals surface area contributed by atoms with Crippen molar-refractivity contribution in [1.82, 2.24) is 0 Å². The van der Waals surface area contributed by atoms with Gasteiger partial charge in [-0.05, 0) is 85.8 Å². The van der Waals surface area contributed by atoms with Crippen LogP contribution in [0.3, 0.4) is 0 Å². The molecule has 3 fully saturated rings. The van der Waals surface area contributed by atoms with Crippen LogP contribution in [0.2, 0.25) is 0 Å². The number of hydrogen-bond acceptors (Lipinski definition) is 0. The minimum Gasteiger partial charge on any atom is -0.204 e. The summed E-state index contributed by atoms with van der Waals surface area (Å²) < 4.78 is 40.3. The van der Waals surface area contributed by atoms with Crippen LogP contribution < -0.4 is 0 Å². The first-order valence-corrected chi connectivity index (χ1v) is 12.2. The van der Waals surface area contributed by atoms with Crippen LogP contribution in [0.5, 0.6) is 0 Å². The molecule has 0 N–H and O–H groups in total. The van der Waals surface area contributed by atoms with E-state index in [0.717, 1.165) is 49.4 Å². The first-order chi connectivity index (χ1) is 14.1. The summed E-state index contributed by atoms with van der Waals surface area (Å²) in [5, 5.41) is 0. The summed E-state index contributed by atoms with van der Waals surface area (Å²) in [4.78, 5) is 0. The third-order valence-electron chi connectivity index (χ3n) is 8.51. The molecule has 0 unspecified atom stereocenters. The molecule has 3 aliphatic rings. The van der Waals surface area contributed by atoms with Gasteiger partial charge in [0.1, 0.15) is 0 Å². The Morgan fingerprint density at radius 1 is 0.621 bits per heavy atom. The lowest BCUT2D eigenvalue weighted by Gasteiger charge is -2.38. The average Bonchev–Trinajstić information content (AvgIpc) is 3.26. The molecule has 0 aliphatic heterocycles. The second-order valence-corrected chi connectivity index (χ2v) is 10.3. The molecule has 0 heterocycles. The summed E-state index contributed by atoms with van der Waals surface area (Å²) in [6.45, 7) is 0. The monoisotopic (exact) mass is 406 g/mol. The fourth-order valence-corrected chi connectivity index (χ4v) is 6.68. The SMILES string of the molecule is Fc1cc(C2CCC(C3CCC(CCCC4CCCC4)CC3)CC2)cc(F)c1F. The van der Waals surface area contributed by atoms with E-state index in [1.165, 1.54) is 82.8 Å². The van der Waals surface area contributed by atoms with E-state index in [-0.39, 0.29) is 5.92 Å². The highest BCUT2D eigenvalue weighted by molar-refractivity contribution is 5.23. The van der Waals surface area contributed by atoms with Gasteiger partial charge >= 0.3 is 0 Å². The van der Waals surface area contributed by atoms with Crippen molar-refractivity contribution in [3.63, 3.8) is 0 Å². The van der Waals surface area contributed by atoms with Gasteiger partial charge in [-0.1, -0.05) is 57.8 Å². The van der Waals surface area contributed by atoms with Crippen molar-refractivity contribution < 1.29 is 13.2 Å². The summed E-state index contributed by atoms with van der Waals surface area (Å²) in [7, 11) is 0. The topological polar surface area (TPSA) is 0 Å². The van der Waals surface area contributed by atoms with Crippen molar-refractivity contribution >= 4 is 0 Å². The highest BCUT2D eigenvalue weighted by Gasteiger charge is 2.31. The Morgan fingerprint density at radius 3 is 1.66 bits per heavy atom. The van der Waals surface area contributed by atoms with E-state index in [0.29, 0.717) is 5.56 Å². The molecule has 29 heavy (non-hydrogen) atoms. The highest BCUT2D eigenvalue weighted by Crippen LogP contribution is 2.45. The van der Waals surface area contributed by atoms with Crippen LogP contribution in [0.1, 0.15) is 108 Å². The van der Waals surface area contributed by atoms with Crippen molar-refractivity contribution in [1.29, 1.82) is 0 Å². The molecule has 3 heteroatoms. The molecule has 0 amide bonds. The third-order valence-corrected chi connectivity index (χ3v) is 8.51. The summed E-state index contributed by atoms with van der Waals surface area (Å²) in [6, 6.07) is 2.42. The molecular formula is C26H37F3. The smallest absolute Gasteiger partial charge is 0.194 e. The Kier molecular flexibility index (Phi) is 7.24. The second-order valence-electron chi connectivity index (χ2n) is 10.3. The average molecular weight is 407 g/mol. The fourth-order valence-electron chi connectivity index (χ4n) is 6.68. The second kappa shape index (κ2) is 9.88. The van der Waals surface area contributed by atoms with Gasteiger partial charge in [-0.15, -0.1) is 0 Å². The molecule has 0 atom stereocenters. The van der Waals surface area contributed by atoms with Crippen molar-refractivity contribution in [2.75, 3.05) is 0 Å². The summed E-state index contributed by atoms with van der Waals surface area (Å²) >= 11 is 0. The van der Waals surface area contributed by atoms with Crippen LogP contribution >= 0.6 is 0 Å². The van der Waals surface area contributed by atoms with E-state index in [1.54, 1.807) is 0 Å². The number of hydrogen-bond donors (Lipinski definition) is 0. The molecule has 0 bridgehead atoms. The minimum absolute atomic E-state index is 0.183. The lowest BCUT2D eigenvalue weighted by atomic mass is 9.68. The van der Waals surface area contributed by atoms with Crippen LogP contribution in [-0.2, 0) is 0 Å². The molecule has 0 saturated heterocycles. The molecule has 0 nitrogen and oxygen atoms in total. The first kappa shape index (κ1) is 21.2. The Bertz CT molecular complexity index is 625. The highest BCUT2D eigenvalue weighted by atomic mass is 19.2. The van der Waals surface area contributed by atoms with E-state index < -0.39 is 17.5 Å². The van der Waals surface area contributed by atoms with Gasteiger partial charge in [0.15, 0.2) is 17.5 Å². The largest absolute Gasteiger partial charge is 0.204 e. The van der Waals surface area contributed by atoms with Gasteiger partial charge in [0.2, 0.25) is 0 Å². The van der Waals surface area contributed by atoms with E-state index >= 15 is 0 Å². The molecule has 1 aromatic rings. The summed E-state index contributed by atoms with van der Waals surface area (Å²) in [5.41, 5.74) is 0.644. The maximum absolute atomic E-state index is 13.6. The number of halogens is 3. The zero-order valence-corrected chi connectivity index (χ0v) is 17.8. The van der Waals surface area contributed by atoms with Gasteiger partial charge < -0.3 is 0 Å². The molecule has 3 aliphatic carbocycles. The van der Waals surface area contributed by atoms with E-state index in [2.05, 4.69) is 0 Å². The Balaban J connectivity index is 1.18. The van der Waals surface area contributed by atoms with E-state index in [9.17, 15) is 13.2 Å². The maximum atomic E-state index is 13.6. The summed E-state index contributed by atoms with van der Waals surface area (Å²) in [5.74, 6) is 0.357. The fraction of sp³-hybridized carbons (Fsp3) is 0.769. The predicted molar refractivity (Wildman–Crippen MR) is 112 cm³/mol. The van der Waals surface area contributed by atoms with Crippen molar-refractivity contribution in [3.8, 4) is 0 Å². The van der Waals surface area contributed by atoms with Gasteiger partial charge in [-0.2, -0.15) is 0 Å². The zero-order chi connectivity index (χ0) is 20.2. The van der Waals surface area contributed by atoms with E-state index in [4.69, 9.17) is 0 Å². The molecule has 0 spiro atoms. The number of rotatable bonds is 6. The van der Waals surface area contributed by atoms with Gasteiger partial charge in [-0.3, -0.25) is 0 Å². The van der Waals surface area contributed by atoms with Crippen LogP contribution in [0, 0.1) is 41.1 Å². The van der Waals surface area contributed by atoms with Gasteiger partial charge in [0.25, 0.3) is 0 Å². The molecule has 1 aromatic carbocycles. The molecule has 0 radical (unpaired) electrons. The van der Waals surface area contributed by atoms with E-state index in [1.807, 2.05) is 0 Å². The molecule has 162 valence electrons. The van der Waals surface area contributed by atoms with Crippen molar-refractivity contribution in [3.05, 3.63) is 35.1 Å². The Hall–Kier alpha value is -0.990. The van der Waals surface area contributed by atoms with Crippen molar-refractivity contribution in [2.24, 2.45) is 23.7 Å². The normalized spacial score (nSPS) is 31.3. The van der Waals surface area contributed by atoms with Crippen LogP contribution in [-0.4, -0.2) is 0 Å². The Labute approximate surface area is 174 Å². The predicted octanol–water partition coefficient (Wildman–Crippen LogP) is 8.54. The van der Waals surface area contributed by atoms with Gasteiger partial charge in [0, 0.05) is 0 Å². The van der Waals surface area contributed by atoms with Crippen LogP contribution in [0.15, 0.2) is 12.1 Å². The molecule has 3 saturated carbocycles. The van der Waals surface area contributed by atoms with Gasteiger partial charge in [0.05, 0.1) is 0 Å². The first-order valence-electron chi connectivity index (χ1n) is 12.2. The summed E-state index contributed by atoms with van der Waals surface area (Å²) in [6.07, 6.45) is 20.1. The lowest BCUT2D eigenvalue weighted by molar-refractivity contribution is 0.155. The standard InChI is InChI=1S/C26H37F3/c27-24-16-23(17-25(28)26(24)29)22-14-12-21(13-15-22)20-10-8-19(9-11-20)7-3-6-18-4-1-2-5-18/h16-22H,1-15H2. The van der Waals surface area contributed by atoms with Crippen LogP contribution in [0.25, 0.3) is 0 Å². The molecular weight excluding hydrogens is 369 g/mol. The Morgan fingerprint density at radius 2 is 1.10 bits per heavy atom.